The summed E-state index contributed by atoms with van der Waals surface area (Å²) in [7, 11) is 4.75. The third-order valence-corrected chi connectivity index (χ3v) is 4.67. The predicted octanol–water partition coefficient (Wildman–Crippen LogP) is 2.37. The molecule has 1 N–H and O–H groups in total. The van der Waals surface area contributed by atoms with Crippen LogP contribution in [0.2, 0.25) is 0 Å². The van der Waals surface area contributed by atoms with Gasteiger partial charge < -0.3 is 14.2 Å². The van der Waals surface area contributed by atoms with E-state index in [9.17, 15) is 4.79 Å². The van der Waals surface area contributed by atoms with E-state index < -0.39 is 0 Å². The van der Waals surface area contributed by atoms with Gasteiger partial charge in [-0.2, -0.15) is 5.10 Å². The Bertz CT molecular complexity index is 872. The number of H-pyrrole nitrogens is 1. The summed E-state index contributed by atoms with van der Waals surface area (Å²) in [6.07, 6.45) is 1.49. The quantitative estimate of drug-likeness (QED) is 0.741. The van der Waals surface area contributed by atoms with Crippen LogP contribution < -0.4 is 19.9 Å². The van der Waals surface area contributed by atoms with Crippen LogP contribution in [0.4, 0.5) is 0 Å². The molecule has 1 aromatic carbocycles. The van der Waals surface area contributed by atoms with Crippen molar-refractivity contribution < 1.29 is 14.2 Å². The average molecular weight is 347 g/mol. The largest absolute Gasteiger partial charge is 0.493 e. The number of ether oxygens (including phenoxy) is 3. The van der Waals surface area contributed by atoms with Gasteiger partial charge >= 0.3 is 5.69 Å². The van der Waals surface area contributed by atoms with Crippen molar-refractivity contribution in [3.63, 3.8) is 0 Å². The highest BCUT2D eigenvalue weighted by molar-refractivity contribution is 7.15. The molecule has 2 heterocycles. The smallest absolute Gasteiger partial charge is 0.343 e. The van der Waals surface area contributed by atoms with Crippen molar-refractivity contribution in [2.24, 2.45) is 0 Å². The summed E-state index contributed by atoms with van der Waals surface area (Å²) < 4.78 is 17.6. The lowest BCUT2D eigenvalue weighted by atomic mass is 10.1. The van der Waals surface area contributed by atoms with Crippen LogP contribution >= 0.6 is 11.3 Å². The van der Waals surface area contributed by atoms with Crippen molar-refractivity contribution in [1.29, 1.82) is 0 Å². The molecule has 7 nitrogen and oxygen atoms in total. The number of aromatic nitrogens is 3. The fourth-order valence-corrected chi connectivity index (χ4v) is 3.39. The predicted molar refractivity (Wildman–Crippen MR) is 91.4 cm³/mol. The van der Waals surface area contributed by atoms with Crippen LogP contribution in [0.3, 0.4) is 0 Å². The second-order valence-corrected chi connectivity index (χ2v) is 6.14. The molecule has 0 aliphatic carbocycles. The van der Waals surface area contributed by atoms with Gasteiger partial charge in [0.25, 0.3) is 0 Å². The molecule has 8 heteroatoms. The van der Waals surface area contributed by atoms with Gasteiger partial charge in [-0.05, 0) is 29.8 Å². The fourth-order valence-electron chi connectivity index (χ4n) is 2.39. The summed E-state index contributed by atoms with van der Waals surface area (Å²) in [6.45, 7) is 0.477. The zero-order valence-electron chi connectivity index (χ0n) is 13.5. The molecule has 0 saturated carbocycles. The molecule has 126 valence electrons. The number of nitrogens with zero attached hydrogens (tertiary/aromatic N) is 2. The van der Waals surface area contributed by atoms with E-state index in [1.807, 2.05) is 24.3 Å². The third kappa shape index (κ3) is 3.00. The molecule has 3 aromatic rings. The van der Waals surface area contributed by atoms with Gasteiger partial charge in [0, 0.05) is 9.75 Å². The van der Waals surface area contributed by atoms with Crippen LogP contribution in [-0.2, 0) is 6.54 Å². The Hall–Kier alpha value is -2.74. The molecule has 0 atom stereocenters. The van der Waals surface area contributed by atoms with E-state index in [0.717, 1.165) is 15.3 Å². The van der Waals surface area contributed by atoms with E-state index in [0.29, 0.717) is 23.8 Å². The minimum atomic E-state index is -0.224. The van der Waals surface area contributed by atoms with Crippen LogP contribution in [0.15, 0.2) is 35.4 Å². The first kappa shape index (κ1) is 16.1. The number of thiophene rings is 1. The molecule has 0 radical (unpaired) electrons. The third-order valence-electron chi connectivity index (χ3n) is 3.56. The SMILES string of the molecule is COc1cc(-c2ccc(Cn3cn[nH]c3=O)s2)cc(OC)c1OC. The number of hydrogen-bond donors (Lipinski definition) is 1. The first-order valence-electron chi connectivity index (χ1n) is 7.15. The zero-order chi connectivity index (χ0) is 17.1. The molecule has 3 rings (SSSR count). The highest BCUT2D eigenvalue weighted by atomic mass is 32.1. The summed E-state index contributed by atoms with van der Waals surface area (Å²) >= 11 is 1.59. The Kier molecular flexibility index (Phi) is 4.57. The lowest BCUT2D eigenvalue weighted by Crippen LogP contribution is -2.16. The summed E-state index contributed by atoms with van der Waals surface area (Å²) in [5.41, 5.74) is 0.734. The molecular formula is C16H17N3O4S. The summed E-state index contributed by atoms with van der Waals surface area (Å²) in [6, 6.07) is 7.80. The van der Waals surface area contributed by atoms with Gasteiger partial charge in [-0.3, -0.25) is 4.57 Å². The topological polar surface area (TPSA) is 78.4 Å². The zero-order valence-corrected chi connectivity index (χ0v) is 14.3. The molecule has 0 unspecified atom stereocenters. The average Bonchev–Trinajstić information content (AvgIpc) is 3.23. The van der Waals surface area contributed by atoms with E-state index in [-0.39, 0.29) is 5.69 Å². The van der Waals surface area contributed by atoms with Gasteiger partial charge in [0.15, 0.2) is 11.5 Å². The summed E-state index contributed by atoms with van der Waals surface area (Å²) in [5, 5.41) is 6.12. The number of nitrogens with one attached hydrogen (secondary N) is 1. The molecule has 0 bridgehead atoms. The lowest BCUT2D eigenvalue weighted by Gasteiger charge is -2.13. The Morgan fingerprint density at radius 2 is 1.83 bits per heavy atom. The minimum absolute atomic E-state index is 0.224. The molecule has 24 heavy (non-hydrogen) atoms. The number of rotatable bonds is 6. The van der Waals surface area contributed by atoms with E-state index in [4.69, 9.17) is 14.2 Å². The van der Waals surface area contributed by atoms with E-state index in [2.05, 4.69) is 10.2 Å². The first-order chi connectivity index (χ1) is 11.7. The Balaban J connectivity index is 1.95. The highest BCUT2D eigenvalue weighted by Crippen LogP contribution is 2.42. The standard InChI is InChI=1S/C16H17N3O4S/c1-21-12-6-10(7-13(22-2)15(12)23-3)14-5-4-11(24-14)8-19-9-17-18-16(19)20/h4-7,9H,8H2,1-3H3,(H,18,20). The number of hydrogen-bond acceptors (Lipinski definition) is 6. The van der Waals surface area contributed by atoms with Crippen LogP contribution in [0.1, 0.15) is 4.88 Å². The van der Waals surface area contributed by atoms with E-state index in [1.54, 1.807) is 32.7 Å². The summed E-state index contributed by atoms with van der Waals surface area (Å²) in [4.78, 5) is 13.6. The Labute approximate surface area is 142 Å². The molecule has 2 aromatic heterocycles. The molecule has 0 saturated heterocycles. The van der Waals surface area contributed by atoms with E-state index >= 15 is 0 Å². The maximum Gasteiger partial charge on any atom is 0.343 e. The molecule has 0 spiro atoms. The Morgan fingerprint density at radius 3 is 2.38 bits per heavy atom. The molecule has 0 aliphatic rings. The normalized spacial score (nSPS) is 10.6. The maximum atomic E-state index is 11.5. The van der Waals surface area contributed by atoms with Gasteiger partial charge in [-0.25, -0.2) is 9.89 Å². The number of methoxy groups -OCH3 is 3. The molecule has 0 aliphatic heterocycles. The summed E-state index contributed by atoms with van der Waals surface area (Å²) in [5.74, 6) is 1.77. The van der Waals surface area contributed by atoms with Gasteiger partial charge in [-0.15, -0.1) is 11.3 Å². The van der Waals surface area contributed by atoms with Gasteiger partial charge in [0.1, 0.15) is 6.33 Å². The minimum Gasteiger partial charge on any atom is -0.493 e. The van der Waals surface area contributed by atoms with Crippen LogP contribution in [0.25, 0.3) is 10.4 Å². The Morgan fingerprint density at radius 1 is 1.12 bits per heavy atom. The van der Waals surface area contributed by atoms with Crippen molar-refractivity contribution in [3.05, 3.63) is 46.0 Å². The van der Waals surface area contributed by atoms with Gasteiger partial charge in [0.2, 0.25) is 5.75 Å². The fraction of sp³-hybridized carbons (Fsp3) is 0.250. The molecular weight excluding hydrogens is 330 g/mol. The highest BCUT2D eigenvalue weighted by Gasteiger charge is 2.15. The first-order valence-corrected chi connectivity index (χ1v) is 7.96. The molecule has 0 fully saturated rings. The van der Waals surface area contributed by atoms with E-state index in [1.165, 1.54) is 10.9 Å². The van der Waals surface area contributed by atoms with Crippen LogP contribution in [0.5, 0.6) is 17.2 Å². The van der Waals surface area contributed by atoms with Crippen molar-refractivity contribution in [2.75, 3.05) is 21.3 Å². The van der Waals surface area contributed by atoms with Crippen LogP contribution in [-0.4, -0.2) is 36.1 Å². The number of aromatic amines is 1. The number of benzene rings is 1. The lowest BCUT2D eigenvalue weighted by molar-refractivity contribution is 0.324. The van der Waals surface area contributed by atoms with Crippen molar-refractivity contribution in [2.45, 2.75) is 6.54 Å². The van der Waals surface area contributed by atoms with Gasteiger partial charge in [-0.1, -0.05) is 0 Å². The van der Waals surface area contributed by atoms with Crippen molar-refractivity contribution >= 4 is 11.3 Å². The van der Waals surface area contributed by atoms with Crippen LogP contribution in [0, 0.1) is 0 Å². The molecule has 0 amide bonds. The monoisotopic (exact) mass is 347 g/mol. The van der Waals surface area contributed by atoms with Crippen molar-refractivity contribution in [1.82, 2.24) is 14.8 Å². The second-order valence-electron chi connectivity index (χ2n) is 4.97. The van der Waals surface area contributed by atoms with Gasteiger partial charge in [0.05, 0.1) is 27.9 Å². The van der Waals surface area contributed by atoms with Crippen molar-refractivity contribution in [3.8, 4) is 27.7 Å². The maximum absolute atomic E-state index is 11.5. The second kappa shape index (κ2) is 6.79.